The molecule has 0 spiro atoms. The van der Waals surface area contributed by atoms with Crippen molar-refractivity contribution in [2.45, 2.75) is 50.8 Å². The Bertz CT molecular complexity index is 101. The summed E-state index contributed by atoms with van der Waals surface area (Å²) < 4.78 is 0. The van der Waals surface area contributed by atoms with Gasteiger partial charge in [0.05, 0.1) is 0 Å². The van der Waals surface area contributed by atoms with Crippen molar-refractivity contribution >= 4 is 15.9 Å². The molecule has 0 heterocycles. The Balaban J connectivity index is 2.24. The summed E-state index contributed by atoms with van der Waals surface area (Å²) in [5, 5.41) is 0. The predicted octanol–water partition coefficient (Wildman–Crippen LogP) is 3.99. The molecule has 1 aliphatic rings. The first-order valence-corrected chi connectivity index (χ1v) is 5.79. The number of hydrogen-bond donors (Lipinski definition) is 0. The fraction of sp³-hybridized carbons (Fsp3) is 1.00. The third-order valence-electron chi connectivity index (χ3n) is 3.12. The molecule has 11 heavy (non-hydrogen) atoms. The lowest BCUT2D eigenvalue weighted by Crippen LogP contribution is -2.19. The lowest BCUT2D eigenvalue weighted by atomic mass is 9.80. The van der Waals surface area contributed by atoms with Crippen molar-refractivity contribution in [3.8, 4) is 0 Å². The largest absolute Gasteiger partial charge is 0.0891 e. The Kier molecular flexibility index (Phi) is 3.91. The maximum absolute atomic E-state index is 3.68. The van der Waals surface area contributed by atoms with Crippen LogP contribution in [0.4, 0.5) is 0 Å². The second kappa shape index (κ2) is 4.49. The van der Waals surface area contributed by atoms with Crippen LogP contribution in [0.25, 0.3) is 0 Å². The highest BCUT2D eigenvalue weighted by Gasteiger charge is 2.22. The minimum Gasteiger partial charge on any atom is -0.0891 e. The lowest BCUT2D eigenvalue weighted by Gasteiger charge is -2.29. The van der Waals surface area contributed by atoms with Gasteiger partial charge in [-0.15, -0.1) is 0 Å². The average Bonchev–Trinajstić information content (AvgIpc) is 2.05. The highest BCUT2D eigenvalue weighted by atomic mass is 79.9. The first kappa shape index (κ1) is 9.57. The van der Waals surface area contributed by atoms with Crippen LogP contribution in [0.2, 0.25) is 0 Å². The highest BCUT2D eigenvalue weighted by molar-refractivity contribution is 9.09. The Labute approximate surface area is 78.9 Å². The Hall–Kier alpha value is 0.480. The van der Waals surface area contributed by atoms with Crippen LogP contribution >= 0.6 is 15.9 Å². The van der Waals surface area contributed by atoms with Crippen molar-refractivity contribution in [1.29, 1.82) is 0 Å². The van der Waals surface area contributed by atoms with Crippen molar-refractivity contribution in [3.63, 3.8) is 0 Å². The molecule has 0 aromatic heterocycles. The number of rotatable bonds is 2. The summed E-state index contributed by atoms with van der Waals surface area (Å²) in [5.41, 5.74) is 0. The zero-order valence-corrected chi connectivity index (χ0v) is 9.23. The Morgan fingerprint density at radius 2 is 1.82 bits per heavy atom. The summed E-state index contributed by atoms with van der Waals surface area (Å²) in [6, 6.07) is 0. The number of halogens is 1. The zero-order valence-electron chi connectivity index (χ0n) is 7.65. The van der Waals surface area contributed by atoms with E-state index in [1.54, 1.807) is 0 Å². The van der Waals surface area contributed by atoms with E-state index in [2.05, 4.69) is 29.8 Å². The van der Waals surface area contributed by atoms with E-state index < -0.39 is 0 Å². The van der Waals surface area contributed by atoms with Gasteiger partial charge in [0.25, 0.3) is 0 Å². The van der Waals surface area contributed by atoms with Crippen LogP contribution < -0.4 is 0 Å². The van der Waals surface area contributed by atoms with Crippen molar-refractivity contribution in [1.82, 2.24) is 0 Å². The molecule has 0 N–H and O–H groups in total. The van der Waals surface area contributed by atoms with E-state index in [0.717, 1.165) is 16.7 Å². The number of hydrogen-bond acceptors (Lipinski definition) is 0. The minimum atomic E-state index is 0.736. The molecule has 1 rings (SSSR count). The van der Waals surface area contributed by atoms with E-state index >= 15 is 0 Å². The molecule has 0 radical (unpaired) electrons. The standard InChI is InChI=1S/C10H19Br/c1-3-9-4-6-10(7-5-9)8(2)11/h8-10H,3-7H2,1-2H3. The van der Waals surface area contributed by atoms with Gasteiger partial charge in [-0.25, -0.2) is 0 Å². The van der Waals surface area contributed by atoms with Crippen LogP contribution in [0, 0.1) is 11.8 Å². The fourth-order valence-corrected chi connectivity index (χ4v) is 2.58. The van der Waals surface area contributed by atoms with Crippen molar-refractivity contribution < 1.29 is 0 Å². The van der Waals surface area contributed by atoms with Gasteiger partial charge in [-0.2, -0.15) is 0 Å². The smallest absolute Gasteiger partial charge is 0.0145 e. The molecule has 0 bridgehead atoms. The zero-order chi connectivity index (χ0) is 8.27. The van der Waals surface area contributed by atoms with Gasteiger partial charge >= 0.3 is 0 Å². The van der Waals surface area contributed by atoms with Crippen LogP contribution in [-0.2, 0) is 0 Å². The van der Waals surface area contributed by atoms with Gasteiger partial charge in [0.2, 0.25) is 0 Å². The number of alkyl halides is 1. The Morgan fingerprint density at radius 3 is 2.18 bits per heavy atom. The van der Waals surface area contributed by atoms with E-state index in [1.165, 1.54) is 32.1 Å². The van der Waals surface area contributed by atoms with E-state index in [4.69, 9.17) is 0 Å². The SMILES string of the molecule is CCC1CCC(C(C)Br)CC1. The molecule has 0 saturated heterocycles. The Morgan fingerprint density at radius 1 is 1.27 bits per heavy atom. The van der Waals surface area contributed by atoms with Crippen molar-refractivity contribution in [3.05, 3.63) is 0 Å². The summed E-state index contributed by atoms with van der Waals surface area (Å²) in [6.45, 7) is 4.61. The van der Waals surface area contributed by atoms with Gasteiger partial charge in [0.1, 0.15) is 0 Å². The van der Waals surface area contributed by atoms with E-state index in [1.807, 2.05) is 0 Å². The van der Waals surface area contributed by atoms with Crippen LogP contribution in [0.1, 0.15) is 46.0 Å². The third kappa shape index (κ3) is 2.77. The predicted molar refractivity (Wildman–Crippen MR) is 54.1 cm³/mol. The van der Waals surface area contributed by atoms with Gasteiger partial charge in [0.15, 0.2) is 0 Å². The van der Waals surface area contributed by atoms with Crippen LogP contribution in [0.3, 0.4) is 0 Å². The molecule has 1 fully saturated rings. The highest BCUT2D eigenvalue weighted by Crippen LogP contribution is 2.34. The second-order valence-corrected chi connectivity index (χ2v) is 5.31. The van der Waals surface area contributed by atoms with Gasteiger partial charge in [-0.1, -0.05) is 49.0 Å². The monoisotopic (exact) mass is 218 g/mol. The molecule has 1 unspecified atom stereocenters. The molecule has 1 saturated carbocycles. The van der Waals surface area contributed by atoms with Crippen LogP contribution in [0.5, 0.6) is 0 Å². The molecule has 1 heteroatoms. The van der Waals surface area contributed by atoms with Gasteiger partial charge in [-0.05, 0) is 24.7 Å². The molecular weight excluding hydrogens is 200 g/mol. The molecule has 0 amide bonds. The molecule has 1 aliphatic carbocycles. The van der Waals surface area contributed by atoms with E-state index in [9.17, 15) is 0 Å². The van der Waals surface area contributed by atoms with Crippen LogP contribution in [0.15, 0.2) is 0 Å². The lowest BCUT2D eigenvalue weighted by molar-refractivity contribution is 0.270. The quantitative estimate of drug-likeness (QED) is 0.616. The molecule has 0 aromatic rings. The molecule has 66 valence electrons. The van der Waals surface area contributed by atoms with Crippen LogP contribution in [-0.4, -0.2) is 4.83 Å². The summed E-state index contributed by atoms with van der Waals surface area (Å²) in [7, 11) is 0. The van der Waals surface area contributed by atoms with Gasteiger partial charge in [0, 0.05) is 4.83 Å². The summed E-state index contributed by atoms with van der Waals surface area (Å²) in [6.07, 6.45) is 7.23. The van der Waals surface area contributed by atoms with E-state index in [0.29, 0.717) is 0 Å². The average molecular weight is 219 g/mol. The summed E-state index contributed by atoms with van der Waals surface area (Å²) >= 11 is 3.68. The van der Waals surface area contributed by atoms with Gasteiger partial charge < -0.3 is 0 Å². The topological polar surface area (TPSA) is 0 Å². The van der Waals surface area contributed by atoms with Crippen molar-refractivity contribution in [2.24, 2.45) is 11.8 Å². The maximum atomic E-state index is 3.68. The molecule has 0 nitrogen and oxygen atoms in total. The minimum absolute atomic E-state index is 0.736. The van der Waals surface area contributed by atoms with Gasteiger partial charge in [-0.3, -0.25) is 0 Å². The summed E-state index contributed by atoms with van der Waals surface area (Å²) in [4.78, 5) is 0.736. The summed E-state index contributed by atoms with van der Waals surface area (Å²) in [5.74, 6) is 2.00. The molecule has 1 atom stereocenters. The normalized spacial score (nSPS) is 35.2. The first-order chi connectivity index (χ1) is 5.24. The maximum Gasteiger partial charge on any atom is 0.0145 e. The van der Waals surface area contributed by atoms with Crippen molar-refractivity contribution in [2.75, 3.05) is 0 Å². The molecular formula is C10H19Br. The molecule has 0 aromatic carbocycles. The fourth-order valence-electron chi connectivity index (χ4n) is 2.06. The first-order valence-electron chi connectivity index (χ1n) is 4.88. The second-order valence-electron chi connectivity index (χ2n) is 3.87. The molecule has 0 aliphatic heterocycles. The van der Waals surface area contributed by atoms with E-state index in [-0.39, 0.29) is 0 Å². The third-order valence-corrected chi connectivity index (χ3v) is 3.87.